The van der Waals surface area contributed by atoms with Gasteiger partial charge in [-0.1, -0.05) is 11.6 Å². The third kappa shape index (κ3) is 5.43. The molecule has 0 aliphatic rings. The number of hydrogen-bond donors (Lipinski definition) is 2. The van der Waals surface area contributed by atoms with E-state index in [1.807, 2.05) is 0 Å². The molecule has 0 aliphatic carbocycles. The summed E-state index contributed by atoms with van der Waals surface area (Å²) in [6.45, 7) is 1.37. The summed E-state index contributed by atoms with van der Waals surface area (Å²) >= 11 is 5.91. The van der Waals surface area contributed by atoms with Crippen LogP contribution in [-0.4, -0.2) is 33.5 Å². The monoisotopic (exact) mass is 412 g/mol. The summed E-state index contributed by atoms with van der Waals surface area (Å²) in [5.74, 6) is -0.910. The molecule has 27 heavy (non-hydrogen) atoms. The molecular formula is C17H17ClN2O6S. The maximum absolute atomic E-state index is 12.3. The zero-order valence-corrected chi connectivity index (χ0v) is 16.0. The van der Waals surface area contributed by atoms with Crippen molar-refractivity contribution >= 4 is 39.2 Å². The largest absolute Gasteiger partial charge is 0.497 e. The molecule has 0 saturated carbocycles. The highest BCUT2D eigenvalue weighted by Crippen LogP contribution is 2.21. The van der Waals surface area contributed by atoms with Crippen molar-refractivity contribution in [3.05, 3.63) is 53.1 Å². The molecule has 1 atom stereocenters. The number of halogens is 1. The van der Waals surface area contributed by atoms with Gasteiger partial charge < -0.3 is 14.8 Å². The lowest BCUT2D eigenvalue weighted by atomic mass is 10.2. The number of rotatable bonds is 6. The number of anilines is 1. The third-order valence-electron chi connectivity index (χ3n) is 3.50. The number of benzene rings is 2. The topological polar surface area (TPSA) is 125 Å². The number of esters is 1. The van der Waals surface area contributed by atoms with E-state index in [1.165, 1.54) is 20.1 Å². The SMILES string of the molecule is COc1ccc(NC(=O)[C@@H](C)OC(=O)c2cc(S(N)(=O)=O)ccc2Cl)cc1. The predicted octanol–water partition coefficient (Wildman–Crippen LogP) is 2.18. The van der Waals surface area contributed by atoms with E-state index in [9.17, 15) is 18.0 Å². The Bertz CT molecular complexity index is 960. The number of methoxy groups -OCH3 is 1. The Morgan fingerprint density at radius 3 is 2.33 bits per heavy atom. The molecule has 0 aliphatic heterocycles. The van der Waals surface area contributed by atoms with Crippen LogP contribution in [0.2, 0.25) is 5.02 Å². The highest BCUT2D eigenvalue weighted by molar-refractivity contribution is 7.89. The molecule has 3 N–H and O–H groups in total. The number of amides is 1. The minimum atomic E-state index is -4.02. The van der Waals surface area contributed by atoms with Crippen molar-refractivity contribution < 1.29 is 27.5 Å². The Morgan fingerprint density at radius 2 is 1.78 bits per heavy atom. The standard InChI is InChI=1S/C17H17ClN2O6S/c1-10(16(21)20-11-3-5-12(25-2)6-4-11)26-17(22)14-9-13(27(19,23)24)7-8-15(14)18/h3-10H,1-2H3,(H,20,21)(H2,19,23,24)/t10-/m1/s1. The summed E-state index contributed by atoms with van der Waals surface area (Å²) < 4.78 is 32.9. The van der Waals surface area contributed by atoms with Crippen LogP contribution >= 0.6 is 11.6 Å². The summed E-state index contributed by atoms with van der Waals surface area (Å²) in [6.07, 6.45) is -1.16. The van der Waals surface area contributed by atoms with Crippen LogP contribution < -0.4 is 15.2 Å². The first-order valence-electron chi connectivity index (χ1n) is 7.60. The number of carbonyl (C=O) groups is 2. The Kier molecular flexibility index (Phi) is 6.42. The van der Waals surface area contributed by atoms with Crippen molar-refractivity contribution in [3.63, 3.8) is 0 Å². The molecule has 0 fully saturated rings. The van der Waals surface area contributed by atoms with E-state index < -0.39 is 28.0 Å². The highest BCUT2D eigenvalue weighted by Gasteiger charge is 2.22. The Balaban J connectivity index is 2.09. The van der Waals surface area contributed by atoms with Crippen molar-refractivity contribution in [1.82, 2.24) is 0 Å². The lowest BCUT2D eigenvalue weighted by Crippen LogP contribution is -2.30. The molecule has 2 rings (SSSR count). The number of carbonyl (C=O) groups excluding carboxylic acids is 2. The Labute approximate surface area is 161 Å². The normalized spacial score (nSPS) is 12.1. The predicted molar refractivity (Wildman–Crippen MR) is 99.3 cm³/mol. The van der Waals surface area contributed by atoms with Gasteiger partial charge in [0.2, 0.25) is 10.0 Å². The molecule has 0 heterocycles. The molecule has 0 radical (unpaired) electrons. The van der Waals surface area contributed by atoms with Gasteiger partial charge in [-0.25, -0.2) is 18.4 Å². The fourth-order valence-electron chi connectivity index (χ4n) is 2.03. The highest BCUT2D eigenvalue weighted by atomic mass is 35.5. The molecule has 8 nitrogen and oxygen atoms in total. The van der Waals surface area contributed by atoms with Crippen LogP contribution in [0.25, 0.3) is 0 Å². The molecule has 0 saturated heterocycles. The molecular weight excluding hydrogens is 396 g/mol. The van der Waals surface area contributed by atoms with Crippen molar-refractivity contribution in [1.29, 1.82) is 0 Å². The quantitative estimate of drug-likeness (QED) is 0.700. The average molecular weight is 413 g/mol. The summed E-state index contributed by atoms with van der Waals surface area (Å²) in [7, 11) is -2.50. The van der Waals surface area contributed by atoms with Crippen LogP contribution in [0.5, 0.6) is 5.75 Å². The van der Waals surface area contributed by atoms with E-state index in [1.54, 1.807) is 24.3 Å². The van der Waals surface area contributed by atoms with Crippen LogP contribution in [0, 0.1) is 0 Å². The van der Waals surface area contributed by atoms with Crippen molar-refractivity contribution in [2.75, 3.05) is 12.4 Å². The van der Waals surface area contributed by atoms with E-state index in [0.717, 1.165) is 12.1 Å². The average Bonchev–Trinajstić information content (AvgIpc) is 2.61. The van der Waals surface area contributed by atoms with Gasteiger partial charge in [0.05, 0.1) is 22.6 Å². The van der Waals surface area contributed by atoms with Gasteiger partial charge >= 0.3 is 5.97 Å². The zero-order chi connectivity index (χ0) is 20.2. The first kappa shape index (κ1) is 20.7. The van der Waals surface area contributed by atoms with Gasteiger partial charge in [0.15, 0.2) is 6.10 Å². The molecule has 144 valence electrons. The second kappa shape index (κ2) is 8.38. The van der Waals surface area contributed by atoms with Crippen molar-refractivity contribution in [2.24, 2.45) is 5.14 Å². The summed E-state index contributed by atoms with van der Waals surface area (Å²) in [6, 6.07) is 9.92. The smallest absolute Gasteiger partial charge is 0.340 e. The van der Waals surface area contributed by atoms with Crippen LogP contribution in [0.15, 0.2) is 47.4 Å². The zero-order valence-electron chi connectivity index (χ0n) is 14.4. The van der Waals surface area contributed by atoms with E-state index in [-0.39, 0.29) is 15.5 Å². The second-order valence-corrected chi connectivity index (χ2v) is 7.42. The number of primary sulfonamides is 1. The molecule has 0 spiro atoms. The van der Waals surface area contributed by atoms with Gasteiger partial charge in [-0.2, -0.15) is 0 Å². The second-order valence-electron chi connectivity index (χ2n) is 5.45. The summed E-state index contributed by atoms with van der Waals surface area (Å²) in [5.41, 5.74) is 0.269. The number of hydrogen-bond acceptors (Lipinski definition) is 6. The molecule has 1 amide bonds. The van der Waals surface area contributed by atoms with Crippen LogP contribution in [-0.2, 0) is 19.6 Å². The summed E-state index contributed by atoms with van der Waals surface area (Å²) in [5, 5.41) is 7.58. The lowest BCUT2D eigenvalue weighted by molar-refractivity contribution is -0.123. The fraction of sp³-hybridized carbons (Fsp3) is 0.176. The first-order chi connectivity index (χ1) is 12.6. The Morgan fingerprint density at radius 1 is 1.15 bits per heavy atom. The first-order valence-corrected chi connectivity index (χ1v) is 9.52. The van der Waals surface area contributed by atoms with E-state index in [2.05, 4.69) is 5.32 Å². The maximum Gasteiger partial charge on any atom is 0.340 e. The fourth-order valence-corrected chi connectivity index (χ4v) is 2.77. The van der Waals surface area contributed by atoms with E-state index in [4.69, 9.17) is 26.2 Å². The number of nitrogens with two attached hydrogens (primary N) is 1. The molecule has 0 aromatic heterocycles. The maximum atomic E-state index is 12.3. The van der Waals surface area contributed by atoms with Gasteiger partial charge in [0, 0.05) is 5.69 Å². The van der Waals surface area contributed by atoms with Crippen LogP contribution in [0.1, 0.15) is 17.3 Å². The van der Waals surface area contributed by atoms with Gasteiger partial charge in [0.25, 0.3) is 5.91 Å². The molecule has 2 aromatic rings. The number of ether oxygens (including phenoxy) is 2. The lowest BCUT2D eigenvalue weighted by Gasteiger charge is -2.14. The van der Waals surface area contributed by atoms with Gasteiger partial charge in [-0.05, 0) is 49.4 Å². The minimum absolute atomic E-state index is 0.0323. The number of sulfonamides is 1. The Hall–Kier alpha value is -2.62. The minimum Gasteiger partial charge on any atom is -0.497 e. The van der Waals surface area contributed by atoms with Crippen molar-refractivity contribution in [2.45, 2.75) is 17.9 Å². The number of nitrogens with one attached hydrogen (secondary N) is 1. The van der Waals surface area contributed by atoms with Crippen molar-refractivity contribution in [3.8, 4) is 5.75 Å². The molecule has 0 unspecified atom stereocenters. The summed E-state index contributed by atoms with van der Waals surface area (Å²) in [4.78, 5) is 24.1. The van der Waals surface area contributed by atoms with E-state index >= 15 is 0 Å². The molecule has 2 aromatic carbocycles. The molecule has 0 bridgehead atoms. The van der Waals surface area contributed by atoms with Gasteiger partial charge in [-0.15, -0.1) is 0 Å². The van der Waals surface area contributed by atoms with Gasteiger partial charge in [-0.3, -0.25) is 4.79 Å². The van der Waals surface area contributed by atoms with Crippen LogP contribution in [0.3, 0.4) is 0 Å². The van der Waals surface area contributed by atoms with Gasteiger partial charge in [0.1, 0.15) is 5.75 Å². The van der Waals surface area contributed by atoms with E-state index in [0.29, 0.717) is 11.4 Å². The molecule has 10 heteroatoms. The third-order valence-corrected chi connectivity index (χ3v) is 4.74. The van der Waals surface area contributed by atoms with Crippen LogP contribution in [0.4, 0.5) is 5.69 Å².